The molecule has 1 aromatic carbocycles. The molecule has 0 saturated carbocycles. The first-order valence-electron chi connectivity index (χ1n) is 6.81. The molecule has 1 atom stereocenters. The molecule has 0 spiro atoms. The van der Waals surface area contributed by atoms with E-state index >= 15 is 0 Å². The number of H-pyrrole nitrogens is 1. The minimum Gasteiger partial charge on any atom is -0.395 e. The predicted octanol–water partition coefficient (Wildman–Crippen LogP) is 2.69. The summed E-state index contributed by atoms with van der Waals surface area (Å²) in [5.41, 5.74) is 2.51. The molecule has 0 aliphatic carbocycles. The van der Waals surface area contributed by atoms with Crippen LogP contribution < -0.4 is 0 Å². The second-order valence-corrected chi connectivity index (χ2v) is 5.08. The van der Waals surface area contributed by atoms with Gasteiger partial charge in [0, 0.05) is 23.8 Å². The Morgan fingerprint density at radius 2 is 2.17 bits per heavy atom. The number of hydrogen-bond donors (Lipinski definition) is 2. The third kappa shape index (κ3) is 2.16. The summed E-state index contributed by atoms with van der Waals surface area (Å²) in [5.74, 6) is 0. The van der Waals surface area contributed by atoms with Crippen molar-refractivity contribution in [2.24, 2.45) is 0 Å². The number of aliphatic hydroxyl groups is 1. The van der Waals surface area contributed by atoms with Gasteiger partial charge in [-0.05, 0) is 36.9 Å². The van der Waals surface area contributed by atoms with Crippen molar-refractivity contribution in [1.29, 1.82) is 0 Å². The van der Waals surface area contributed by atoms with E-state index in [0.717, 1.165) is 13.1 Å². The van der Waals surface area contributed by atoms with Crippen LogP contribution in [0.3, 0.4) is 0 Å². The summed E-state index contributed by atoms with van der Waals surface area (Å²) < 4.78 is 0. The monoisotopic (exact) mass is 244 g/mol. The fraction of sp³-hybridized carbons (Fsp3) is 0.467. The summed E-state index contributed by atoms with van der Waals surface area (Å²) in [5, 5.41) is 10.5. The average Bonchev–Trinajstić information content (AvgIpc) is 2.83. The zero-order valence-electron chi connectivity index (χ0n) is 10.6. The van der Waals surface area contributed by atoms with E-state index in [1.54, 1.807) is 0 Å². The number of hydrogen-bond acceptors (Lipinski definition) is 2. The normalized spacial score (nSPS) is 21.5. The zero-order chi connectivity index (χ0) is 12.4. The van der Waals surface area contributed by atoms with Gasteiger partial charge in [0.25, 0.3) is 0 Å². The molecule has 1 unspecified atom stereocenters. The number of aromatic amines is 1. The standard InChI is InChI=1S/C15H20N2O/c18-10-9-17-8-4-3-7-15(17)14-11-12-5-1-2-6-13(12)16-14/h1-2,5-6,11,15-16,18H,3-4,7-10H2. The minimum atomic E-state index is 0.247. The van der Waals surface area contributed by atoms with Gasteiger partial charge in [0.05, 0.1) is 6.61 Å². The number of likely N-dealkylation sites (tertiary alicyclic amines) is 1. The van der Waals surface area contributed by atoms with Gasteiger partial charge in [-0.15, -0.1) is 0 Å². The quantitative estimate of drug-likeness (QED) is 0.871. The van der Waals surface area contributed by atoms with Gasteiger partial charge in [0.2, 0.25) is 0 Å². The van der Waals surface area contributed by atoms with E-state index in [2.05, 4.69) is 40.2 Å². The molecule has 96 valence electrons. The molecular weight excluding hydrogens is 224 g/mol. The Kier molecular flexibility index (Phi) is 3.35. The van der Waals surface area contributed by atoms with Crippen molar-refractivity contribution in [3.8, 4) is 0 Å². The van der Waals surface area contributed by atoms with Crippen molar-refractivity contribution < 1.29 is 5.11 Å². The number of rotatable bonds is 3. The largest absolute Gasteiger partial charge is 0.395 e. The molecule has 3 heteroatoms. The van der Waals surface area contributed by atoms with E-state index in [1.807, 2.05) is 0 Å². The first-order valence-corrected chi connectivity index (χ1v) is 6.81. The van der Waals surface area contributed by atoms with E-state index in [1.165, 1.54) is 35.9 Å². The second kappa shape index (κ2) is 5.12. The summed E-state index contributed by atoms with van der Waals surface area (Å²) in [6.45, 7) is 2.12. The Morgan fingerprint density at radius 3 is 3.00 bits per heavy atom. The summed E-state index contributed by atoms with van der Waals surface area (Å²) in [4.78, 5) is 5.93. The molecule has 3 rings (SSSR count). The molecule has 0 bridgehead atoms. The van der Waals surface area contributed by atoms with Crippen LogP contribution in [0, 0.1) is 0 Å². The third-order valence-electron chi connectivity index (χ3n) is 3.91. The molecule has 3 nitrogen and oxygen atoms in total. The highest BCUT2D eigenvalue weighted by atomic mass is 16.3. The number of para-hydroxylation sites is 1. The first-order chi connectivity index (χ1) is 8.88. The van der Waals surface area contributed by atoms with Crippen LogP contribution in [0.15, 0.2) is 30.3 Å². The Balaban J connectivity index is 1.91. The predicted molar refractivity (Wildman–Crippen MR) is 73.5 cm³/mol. The number of β-amino-alcohol motifs (C(OH)–C–C–N with tert-alkyl or cyclic N) is 1. The molecule has 18 heavy (non-hydrogen) atoms. The van der Waals surface area contributed by atoms with Crippen molar-refractivity contribution in [1.82, 2.24) is 9.88 Å². The van der Waals surface area contributed by atoms with Gasteiger partial charge in [-0.25, -0.2) is 0 Å². The van der Waals surface area contributed by atoms with Crippen molar-refractivity contribution >= 4 is 10.9 Å². The van der Waals surface area contributed by atoms with Crippen LogP contribution >= 0.6 is 0 Å². The lowest BCUT2D eigenvalue weighted by Crippen LogP contribution is -2.35. The van der Waals surface area contributed by atoms with Gasteiger partial charge < -0.3 is 10.1 Å². The number of benzene rings is 1. The fourth-order valence-corrected chi connectivity index (χ4v) is 3.01. The maximum Gasteiger partial charge on any atom is 0.0558 e. The molecule has 2 aromatic rings. The summed E-state index contributed by atoms with van der Waals surface area (Å²) in [6.07, 6.45) is 3.71. The van der Waals surface area contributed by atoms with Crippen LogP contribution in [0.2, 0.25) is 0 Å². The molecule has 0 radical (unpaired) electrons. The Morgan fingerprint density at radius 1 is 1.28 bits per heavy atom. The van der Waals surface area contributed by atoms with E-state index in [9.17, 15) is 5.11 Å². The van der Waals surface area contributed by atoms with Crippen LogP contribution in [0.1, 0.15) is 31.0 Å². The number of piperidine rings is 1. The highest BCUT2D eigenvalue weighted by molar-refractivity contribution is 5.80. The average molecular weight is 244 g/mol. The second-order valence-electron chi connectivity index (χ2n) is 5.08. The third-order valence-corrected chi connectivity index (χ3v) is 3.91. The van der Waals surface area contributed by atoms with Crippen LogP contribution in [-0.4, -0.2) is 34.7 Å². The van der Waals surface area contributed by atoms with Gasteiger partial charge in [-0.1, -0.05) is 24.6 Å². The van der Waals surface area contributed by atoms with Crippen LogP contribution in [0.4, 0.5) is 0 Å². The first kappa shape index (κ1) is 11.8. The van der Waals surface area contributed by atoms with Gasteiger partial charge in [-0.3, -0.25) is 4.90 Å². The summed E-state index contributed by atoms with van der Waals surface area (Å²) in [7, 11) is 0. The Labute approximate surface area is 107 Å². The number of aliphatic hydroxyl groups excluding tert-OH is 1. The Bertz CT molecular complexity index is 485. The smallest absolute Gasteiger partial charge is 0.0558 e. The molecule has 1 saturated heterocycles. The molecule has 1 aliphatic rings. The van der Waals surface area contributed by atoms with Gasteiger partial charge in [-0.2, -0.15) is 0 Å². The minimum absolute atomic E-state index is 0.247. The molecule has 0 amide bonds. The summed E-state index contributed by atoms with van der Waals surface area (Å²) in [6, 6.07) is 11.1. The maximum atomic E-state index is 9.17. The topological polar surface area (TPSA) is 39.3 Å². The van der Waals surface area contributed by atoms with Crippen molar-refractivity contribution in [3.63, 3.8) is 0 Å². The van der Waals surface area contributed by atoms with Crippen molar-refractivity contribution in [2.75, 3.05) is 19.7 Å². The lowest BCUT2D eigenvalue weighted by Gasteiger charge is -2.34. The SMILES string of the molecule is OCCN1CCCCC1c1cc2ccccc2[nH]1. The molecule has 2 N–H and O–H groups in total. The van der Waals surface area contributed by atoms with Crippen LogP contribution in [-0.2, 0) is 0 Å². The van der Waals surface area contributed by atoms with Crippen molar-refractivity contribution in [2.45, 2.75) is 25.3 Å². The molecule has 1 aromatic heterocycles. The fourth-order valence-electron chi connectivity index (χ4n) is 3.01. The summed E-state index contributed by atoms with van der Waals surface area (Å²) >= 11 is 0. The van der Waals surface area contributed by atoms with Crippen molar-refractivity contribution in [3.05, 3.63) is 36.0 Å². The maximum absolute atomic E-state index is 9.17. The van der Waals surface area contributed by atoms with E-state index < -0.39 is 0 Å². The molecular formula is C15H20N2O. The number of nitrogens with one attached hydrogen (secondary N) is 1. The lowest BCUT2D eigenvalue weighted by atomic mass is 9.99. The highest BCUT2D eigenvalue weighted by Gasteiger charge is 2.24. The lowest BCUT2D eigenvalue weighted by molar-refractivity contribution is 0.115. The molecule has 1 aliphatic heterocycles. The van der Waals surface area contributed by atoms with E-state index in [4.69, 9.17) is 0 Å². The van der Waals surface area contributed by atoms with Gasteiger partial charge >= 0.3 is 0 Å². The highest BCUT2D eigenvalue weighted by Crippen LogP contribution is 2.31. The van der Waals surface area contributed by atoms with Crippen LogP contribution in [0.25, 0.3) is 10.9 Å². The molecule has 1 fully saturated rings. The Hall–Kier alpha value is -1.32. The van der Waals surface area contributed by atoms with Crippen LogP contribution in [0.5, 0.6) is 0 Å². The van der Waals surface area contributed by atoms with Gasteiger partial charge in [0.1, 0.15) is 0 Å². The van der Waals surface area contributed by atoms with E-state index in [0.29, 0.717) is 6.04 Å². The van der Waals surface area contributed by atoms with Gasteiger partial charge in [0.15, 0.2) is 0 Å². The molecule has 2 heterocycles. The van der Waals surface area contributed by atoms with E-state index in [-0.39, 0.29) is 6.61 Å². The number of nitrogens with zero attached hydrogens (tertiary/aromatic N) is 1. The zero-order valence-corrected chi connectivity index (χ0v) is 10.6. The number of aromatic nitrogens is 1. The number of fused-ring (bicyclic) bond motifs is 1.